The van der Waals surface area contributed by atoms with Crippen LogP contribution in [0.4, 0.5) is 0 Å². The third kappa shape index (κ3) is 4.99. The molecule has 5 heteroatoms. The van der Waals surface area contributed by atoms with Crippen LogP contribution >= 0.6 is 0 Å². The molecule has 5 nitrogen and oxygen atoms in total. The van der Waals surface area contributed by atoms with Crippen LogP contribution in [0, 0.1) is 11.8 Å². The maximum Gasteiger partial charge on any atom is 0.224 e. The molecular formula is C12H22N4O. The molecule has 96 valence electrons. The van der Waals surface area contributed by atoms with E-state index in [0.29, 0.717) is 19.0 Å². The van der Waals surface area contributed by atoms with Crippen LogP contribution in [0.1, 0.15) is 13.8 Å². The quantitative estimate of drug-likeness (QED) is 0.727. The highest BCUT2D eigenvalue weighted by Crippen LogP contribution is 1.99. The van der Waals surface area contributed by atoms with Gasteiger partial charge in [-0.1, -0.05) is 13.8 Å². The van der Waals surface area contributed by atoms with E-state index in [1.807, 2.05) is 30.9 Å². The van der Waals surface area contributed by atoms with Gasteiger partial charge in [0.05, 0.1) is 0 Å². The molecule has 0 spiro atoms. The van der Waals surface area contributed by atoms with Gasteiger partial charge in [-0.2, -0.15) is 5.10 Å². The van der Waals surface area contributed by atoms with Crippen molar-refractivity contribution in [2.24, 2.45) is 11.8 Å². The Labute approximate surface area is 103 Å². The first-order valence-corrected chi connectivity index (χ1v) is 6.03. The molecule has 1 heterocycles. The lowest BCUT2D eigenvalue weighted by Crippen LogP contribution is -2.37. The highest BCUT2D eigenvalue weighted by atomic mass is 16.1. The molecule has 2 atom stereocenters. The molecule has 2 unspecified atom stereocenters. The second-order valence-electron chi connectivity index (χ2n) is 4.54. The molecule has 0 fully saturated rings. The van der Waals surface area contributed by atoms with Gasteiger partial charge in [0.15, 0.2) is 0 Å². The summed E-state index contributed by atoms with van der Waals surface area (Å²) >= 11 is 0. The van der Waals surface area contributed by atoms with E-state index in [9.17, 15) is 4.79 Å². The lowest BCUT2D eigenvalue weighted by Gasteiger charge is -2.15. The average molecular weight is 238 g/mol. The first-order chi connectivity index (χ1) is 8.13. The Morgan fingerprint density at radius 3 is 2.76 bits per heavy atom. The zero-order chi connectivity index (χ0) is 12.7. The average Bonchev–Trinajstić information content (AvgIpc) is 2.79. The summed E-state index contributed by atoms with van der Waals surface area (Å²) in [7, 11) is 1.85. The summed E-state index contributed by atoms with van der Waals surface area (Å²) in [6.45, 7) is 6.24. The van der Waals surface area contributed by atoms with Gasteiger partial charge >= 0.3 is 0 Å². The van der Waals surface area contributed by atoms with E-state index in [2.05, 4.69) is 22.7 Å². The highest BCUT2D eigenvalue weighted by Gasteiger charge is 2.12. The van der Waals surface area contributed by atoms with E-state index in [1.54, 1.807) is 6.20 Å². The van der Waals surface area contributed by atoms with Gasteiger partial charge in [0, 0.05) is 37.9 Å². The second kappa shape index (κ2) is 7.06. The molecule has 0 radical (unpaired) electrons. The van der Waals surface area contributed by atoms with Crippen molar-refractivity contribution < 1.29 is 4.79 Å². The number of hydrogen-bond donors (Lipinski definition) is 2. The standard InChI is InChI=1S/C12H22N4O/c1-10(9-16-6-4-5-15-16)7-14-12(17)11(2)8-13-3/h4-6,10-11,13H,7-9H2,1-3H3,(H,14,17). The molecule has 0 bridgehead atoms. The molecule has 1 aromatic heterocycles. The van der Waals surface area contributed by atoms with Gasteiger partial charge in [-0.25, -0.2) is 0 Å². The number of amides is 1. The summed E-state index contributed by atoms with van der Waals surface area (Å²) in [4.78, 5) is 11.7. The van der Waals surface area contributed by atoms with Crippen LogP contribution in [0.15, 0.2) is 18.5 Å². The minimum absolute atomic E-state index is 0.0110. The number of rotatable bonds is 7. The van der Waals surface area contributed by atoms with Crippen LogP contribution in [0.3, 0.4) is 0 Å². The van der Waals surface area contributed by atoms with E-state index >= 15 is 0 Å². The number of aromatic nitrogens is 2. The molecule has 0 saturated carbocycles. The summed E-state index contributed by atoms with van der Waals surface area (Å²) in [5.41, 5.74) is 0. The SMILES string of the molecule is CNCC(C)C(=O)NCC(C)Cn1cccn1. The highest BCUT2D eigenvalue weighted by molar-refractivity contribution is 5.78. The van der Waals surface area contributed by atoms with Gasteiger partial charge in [0.2, 0.25) is 5.91 Å². The molecule has 0 aliphatic heterocycles. The Hall–Kier alpha value is -1.36. The van der Waals surface area contributed by atoms with Crippen LogP contribution in [0.2, 0.25) is 0 Å². The summed E-state index contributed by atoms with van der Waals surface area (Å²) in [5, 5.41) is 10.1. The molecule has 1 aromatic rings. The summed E-state index contributed by atoms with van der Waals surface area (Å²) in [6, 6.07) is 1.90. The van der Waals surface area contributed by atoms with E-state index in [-0.39, 0.29) is 11.8 Å². The van der Waals surface area contributed by atoms with Crippen molar-refractivity contribution in [1.82, 2.24) is 20.4 Å². The third-order valence-corrected chi connectivity index (χ3v) is 2.64. The largest absolute Gasteiger partial charge is 0.355 e. The smallest absolute Gasteiger partial charge is 0.224 e. The van der Waals surface area contributed by atoms with Crippen molar-refractivity contribution in [2.45, 2.75) is 20.4 Å². The van der Waals surface area contributed by atoms with Crippen LogP contribution in [0.25, 0.3) is 0 Å². The summed E-state index contributed by atoms with van der Waals surface area (Å²) in [5.74, 6) is 0.490. The van der Waals surface area contributed by atoms with Crippen molar-refractivity contribution in [3.8, 4) is 0 Å². The predicted octanol–water partition coefficient (Wildman–Crippen LogP) is 0.491. The maximum absolute atomic E-state index is 11.7. The number of carbonyl (C=O) groups is 1. The van der Waals surface area contributed by atoms with Gasteiger partial charge < -0.3 is 10.6 Å². The predicted molar refractivity (Wildman–Crippen MR) is 67.5 cm³/mol. The van der Waals surface area contributed by atoms with Crippen molar-refractivity contribution in [3.63, 3.8) is 0 Å². The summed E-state index contributed by atoms with van der Waals surface area (Å²) < 4.78 is 1.88. The fourth-order valence-corrected chi connectivity index (χ4v) is 1.64. The molecule has 0 aliphatic carbocycles. The Balaban J connectivity index is 2.23. The first kappa shape index (κ1) is 13.7. The Morgan fingerprint density at radius 1 is 1.41 bits per heavy atom. The lowest BCUT2D eigenvalue weighted by atomic mass is 10.1. The van der Waals surface area contributed by atoms with Crippen LogP contribution in [0.5, 0.6) is 0 Å². The van der Waals surface area contributed by atoms with Crippen molar-refractivity contribution in [1.29, 1.82) is 0 Å². The number of nitrogens with one attached hydrogen (secondary N) is 2. The van der Waals surface area contributed by atoms with Crippen molar-refractivity contribution >= 4 is 5.91 Å². The van der Waals surface area contributed by atoms with Gasteiger partial charge in [-0.3, -0.25) is 9.48 Å². The molecule has 0 saturated heterocycles. The minimum Gasteiger partial charge on any atom is -0.355 e. The number of carbonyl (C=O) groups excluding carboxylic acids is 1. The molecule has 1 amide bonds. The molecule has 1 rings (SSSR count). The Morgan fingerprint density at radius 2 is 2.18 bits per heavy atom. The zero-order valence-corrected chi connectivity index (χ0v) is 10.8. The van der Waals surface area contributed by atoms with Gasteiger partial charge in [0.25, 0.3) is 0 Å². The maximum atomic E-state index is 11.7. The van der Waals surface area contributed by atoms with E-state index in [1.165, 1.54) is 0 Å². The zero-order valence-electron chi connectivity index (χ0n) is 10.8. The molecule has 0 aromatic carbocycles. The normalized spacial score (nSPS) is 14.3. The van der Waals surface area contributed by atoms with Crippen LogP contribution < -0.4 is 10.6 Å². The van der Waals surface area contributed by atoms with Gasteiger partial charge in [-0.05, 0) is 19.0 Å². The van der Waals surface area contributed by atoms with E-state index in [0.717, 1.165) is 6.54 Å². The molecular weight excluding hydrogens is 216 g/mol. The first-order valence-electron chi connectivity index (χ1n) is 6.03. The molecule has 2 N–H and O–H groups in total. The number of hydrogen-bond acceptors (Lipinski definition) is 3. The Kier molecular flexibility index (Phi) is 5.69. The second-order valence-corrected chi connectivity index (χ2v) is 4.54. The minimum atomic E-state index is 0.0110. The van der Waals surface area contributed by atoms with E-state index < -0.39 is 0 Å². The van der Waals surface area contributed by atoms with Crippen LogP contribution in [-0.2, 0) is 11.3 Å². The van der Waals surface area contributed by atoms with Crippen molar-refractivity contribution in [3.05, 3.63) is 18.5 Å². The fraction of sp³-hybridized carbons (Fsp3) is 0.667. The Bertz CT molecular complexity index is 323. The number of nitrogens with zero attached hydrogens (tertiary/aromatic N) is 2. The topological polar surface area (TPSA) is 59.0 Å². The van der Waals surface area contributed by atoms with Crippen LogP contribution in [-0.4, -0.2) is 35.8 Å². The monoisotopic (exact) mass is 238 g/mol. The lowest BCUT2D eigenvalue weighted by molar-refractivity contribution is -0.124. The van der Waals surface area contributed by atoms with Gasteiger partial charge in [0.1, 0.15) is 0 Å². The molecule has 17 heavy (non-hydrogen) atoms. The summed E-state index contributed by atoms with van der Waals surface area (Å²) in [6.07, 6.45) is 3.70. The van der Waals surface area contributed by atoms with Crippen molar-refractivity contribution in [2.75, 3.05) is 20.1 Å². The van der Waals surface area contributed by atoms with E-state index in [4.69, 9.17) is 0 Å². The third-order valence-electron chi connectivity index (χ3n) is 2.64. The molecule has 0 aliphatic rings. The fourth-order valence-electron chi connectivity index (χ4n) is 1.64. The van der Waals surface area contributed by atoms with Gasteiger partial charge in [-0.15, -0.1) is 0 Å².